The molecule has 1 aliphatic rings. The van der Waals surface area contributed by atoms with Crippen molar-refractivity contribution in [2.75, 3.05) is 4.90 Å². The van der Waals surface area contributed by atoms with Gasteiger partial charge in [0, 0.05) is 24.5 Å². The van der Waals surface area contributed by atoms with Gasteiger partial charge in [-0.15, -0.1) is 0 Å². The van der Waals surface area contributed by atoms with E-state index in [1.165, 1.54) is 4.90 Å². The summed E-state index contributed by atoms with van der Waals surface area (Å²) in [6, 6.07) is 10.3. The zero-order chi connectivity index (χ0) is 17.3. The Morgan fingerprint density at radius 2 is 2.00 bits per heavy atom. The third kappa shape index (κ3) is 2.48. The van der Waals surface area contributed by atoms with Gasteiger partial charge in [-0.2, -0.15) is 0 Å². The average molecular weight is 322 g/mol. The summed E-state index contributed by atoms with van der Waals surface area (Å²) in [5.74, 6) is -1.28. The summed E-state index contributed by atoms with van der Waals surface area (Å²) < 4.78 is 0. The summed E-state index contributed by atoms with van der Waals surface area (Å²) in [4.78, 5) is 30.7. The summed E-state index contributed by atoms with van der Waals surface area (Å²) in [6.45, 7) is 3.60. The van der Waals surface area contributed by atoms with Crippen LogP contribution >= 0.6 is 0 Å². The fraction of sp³-hybridized carbons (Fsp3) is 0.211. The predicted octanol–water partition coefficient (Wildman–Crippen LogP) is 3.27. The maximum Gasteiger partial charge on any atom is 0.294 e. The number of benzene rings is 1. The Kier molecular flexibility index (Phi) is 4.16. The van der Waals surface area contributed by atoms with Gasteiger partial charge in [0.2, 0.25) is 0 Å². The molecule has 1 atom stereocenters. The van der Waals surface area contributed by atoms with Gasteiger partial charge in [-0.3, -0.25) is 19.5 Å². The number of aliphatic hydroxyl groups is 1. The number of aliphatic hydroxyl groups excluding tert-OH is 1. The topological polar surface area (TPSA) is 70.5 Å². The number of nitrogens with zero attached hydrogens (tertiary/aromatic N) is 2. The van der Waals surface area contributed by atoms with Gasteiger partial charge in [0.05, 0.1) is 11.6 Å². The third-order valence-electron chi connectivity index (χ3n) is 4.20. The van der Waals surface area contributed by atoms with Gasteiger partial charge in [-0.25, -0.2) is 0 Å². The number of hydrogen-bond acceptors (Lipinski definition) is 4. The number of carbonyl (C=O) groups is 2. The molecule has 0 radical (unpaired) electrons. The van der Waals surface area contributed by atoms with E-state index in [9.17, 15) is 14.7 Å². The highest BCUT2D eigenvalue weighted by Crippen LogP contribution is 2.41. The first-order valence-corrected chi connectivity index (χ1v) is 7.81. The van der Waals surface area contributed by atoms with Gasteiger partial charge in [0.15, 0.2) is 11.5 Å². The number of carbonyl (C=O) groups excluding carboxylic acids is 2. The van der Waals surface area contributed by atoms with E-state index in [0.29, 0.717) is 11.3 Å². The average Bonchev–Trinajstić information content (AvgIpc) is 2.87. The Hall–Kier alpha value is -2.95. The van der Waals surface area contributed by atoms with Crippen LogP contribution in [-0.4, -0.2) is 21.8 Å². The zero-order valence-electron chi connectivity index (χ0n) is 13.6. The molecule has 0 bridgehead atoms. The molecular formula is C19H18N2O3. The number of hydrogen-bond donors (Lipinski definition) is 1. The van der Waals surface area contributed by atoms with Crippen LogP contribution in [0.25, 0.3) is 0 Å². The molecule has 1 aromatic heterocycles. The molecule has 0 saturated carbocycles. The molecule has 2 heterocycles. The van der Waals surface area contributed by atoms with Crippen LogP contribution in [0.2, 0.25) is 0 Å². The molecule has 1 aliphatic heterocycles. The molecule has 1 aromatic carbocycles. The molecule has 24 heavy (non-hydrogen) atoms. The number of ketones is 1. The largest absolute Gasteiger partial charge is 0.503 e. The van der Waals surface area contributed by atoms with Crippen molar-refractivity contribution >= 4 is 17.4 Å². The first kappa shape index (κ1) is 15.9. The first-order chi connectivity index (χ1) is 11.6. The quantitative estimate of drug-likeness (QED) is 0.938. The second kappa shape index (κ2) is 6.28. The van der Waals surface area contributed by atoms with Crippen molar-refractivity contribution in [2.24, 2.45) is 0 Å². The molecule has 122 valence electrons. The molecule has 5 heteroatoms. The van der Waals surface area contributed by atoms with Crippen LogP contribution in [0.4, 0.5) is 5.69 Å². The van der Waals surface area contributed by atoms with Crippen molar-refractivity contribution in [1.29, 1.82) is 0 Å². The predicted molar refractivity (Wildman–Crippen MR) is 90.6 cm³/mol. The van der Waals surface area contributed by atoms with E-state index in [-0.39, 0.29) is 17.8 Å². The van der Waals surface area contributed by atoms with Gasteiger partial charge in [0.25, 0.3) is 5.91 Å². The van der Waals surface area contributed by atoms with E-state index in [4.69, 9.17) is 0 Å². The third-order valence-corrected chi connectivity index (χ3v) is 4.20. The molecule has 0 saturated heterocycles. The molecule has 0 aliphatic carbocycles. The number of pyridine rings is 1. The number of para-hydroxylation sites is 1. The fourth-order valence-electron chi connectivity index (χ4n) is 3.02. The Morgan fingerprint density at radius 3 is 2.62 bits per heavy atom. The van der Waals surface area contributed by atoms with Crippen LogP contribution in [0.1, 0.15) is 30.5 Å². The van der Waals surface area contributed by atoms with Crippen LogP contribution in [0.3, 0.4) is 0 Å². The molecule has 2 aromatic rings. The van der Waals surface area contributed by atoms with Crippen molar-refractivity contribution in [1.82, 2.24) is 4.98 Å². The second-order valence-corrected chi connectivity index (χ2v) is 5.69. The minimum atomic E-state index is -0.667. The highest BCUT2D eigenvalue weighted by Gasteiger charge is 2.44. The maximum absolute atomic E-state index is 12.7. The normalized spacial score (nSPS) is 17.5. The number of anilines is 1. The van der Waals surface area contributed by atoms with Crippen LogP contribution in [0.5, 0.6) is 0 Å². The Balaban J connectivity index is 2.21. The lowest BCUT2D eigenvalue weighted by Gasteiger charge is -2.27. The lowest BCUT2D eigenvalue weighted by molar-refractivity contribution is -0.118. The van der Waals surface area contributed by atoms with Crippen LogP contribution < -0.4 is 4.90 Å². The minimum Gasteiger partial charge on any atom is -0.503 e. The van der Waals surface area contributed by atoms with E-state index >= 15 is 0 Å². The van der Waals surface area contributed by atoms with Gasteiger partial charge >= 0.3 is 0 Å². The lowest BCUT2D eigenvalue weighted by atomic mass is 9.95. The number of Topliss-reactive ketones (excluding diaryl/α,β-unsaturated/α-hetero) is 1. The summed E-state index contributed by atoms with van der Waals surface area (Å²) in [5, 5.41) is 10.4. The van der Waals surface area contributed by atoms with E-state index < -0.39 is 17.7 Å². The molecule has 1 N–H and O–H groups in total. The number of aromatic nitrogens is 1. The zero-order valence-corrected chi connectivity index (χ0v) is 13.6. The molecular weight excluding hydrogens is 304 g/mol. The van der Waals surface area contributed by atoms with Gasteiger partial charge in [-0.05, 0) is 30.2 Å². The Labute approximate surface area is 140 Å². The fourth-order valence-corrected chi connectivity index (χ4v) is 3.02. The lowest BCUT2D eigenvalue weighted by Crippen LogP contribution is -2.31. The standard InChI is InChI=1S/C19H18N2O3/c1-3-15(22)16-17(13-8-6-10-20-11-13)21(19(24)18(16)23)14-9-5-4-7-12(14)2/h4-11,17,23H,3H2,1-2H3. The van der Waals surface area contributed by atoms with Gasteiger partial charge in [0.1, 0.15) is 0 Å². The van der Waals surface area contributed by atoms with Crippen molar-refractivity contribution in [3.05, 3.63) is 71.3 Å². The molecule has 0 fully saturated rings. The Morgan fingerprint density at radius 1 is 1.25 bits per heavy atom. The van der Waals surface area contributed by atoms with E-state index in [1.54, 1.807) is 31.5 Å². The molecule has 0 spiro atoms. The van der Waals surface area contributed by atoms with Crippen molar-refractivity contribution in [2.45, 2.75) is 26.3 Å². The Bertz CT molecular complexity index is 828. The van der Waals surface area contributed by atoms with E-state index in [1.807, 2.05) is 31.2 Å². The van der Waals surface area contributed by atoms with Crippen molar-refractivity contribution in [3.63, 3.8) is 0 Å². The van der Waals surface area contributed by atoms with Gasteiger partial charge in [-0.1, -0.05) is 31.2 Å². The van der Waals surface area contributed by atoms with E-state index in [0.717, 1.165) is 5.56 Å². The summed E-state index contributed by atoms with van der Waals surface area (Å²) in [5.41, 5.74) is 2.38. The van der Waals surface area contributed by atoms with Gasteiger partial charge < -0.3 is 5.11 Å². The van der Waals surface area contributed by atoms with Crippen LogP contribution in [-0.2, 0) is 9.59 Å². The smallest absolute Gasteiger partial charge is 0.294 e. The van der Waals surface area contributed by atoms with Crippen LogP contribution in [0, 0.1) is 6.92 Å². The molecule has 1 unspecified atom stereocenters. The minimum absolute atomic E-state index is 0.138. The SMILES string of the molecule is CCC(=O)C1=C(O)C(=O)N(c2ccccc2C)C1c1cccnc1. The summed E-state index contributed by atoms with van der Waals surface area (Å²) in [6.07, 6.45) is 3.46. The number of rotatable bonds is 4. The summed E-state index contributed by atoms with van der Waals surface area (Å²) >= 11 is 0. The highest BCUT2D eigenvalue weighted by molar-refractivity contribution is 6.16. The van der Waals surface area contributed by atoms with Crippen molar-refractivity contribution < 1.29 is 14.7 Å². The van der Waals surface area contributed by atoms with Crippen LogP contribution in [0.15, 0.2) is 60.1 Å². The number of amides is 1. The highest BCUT2D eigenvalue weighted by atomic mass is 16.3. The molecule has 5 nitrogen and oxygen atoms in total. The second-order valence-electron chi connectivity index (χ2n) is 5.69. The summed E-state index contributed by atoms with van der Waals surface area (Å²) in [7, 11) is 0. The van der Waals surface area contributed by atoms with E-state index in [2.05, 4.69) is 4.98 Å². The maximum atomic E-state index is 12.7. The first-order valence-electron chi connectivity index (χ1n) is 7.81. The monoisotopic (exact) mass is 322 g/mol. The number of aryl methyl sites for hydroxylation is 1. The molecule has 1 amide bonds. The van der Waals surface area contributed by atoms with Crippen molar-refractivity contribution in [3.8, 4) is 0 Å². The molecule has 3 rings (SSSR count).